The first-order valence-electron chi connectivity index (χ1n) is 7.55. The third-order valence-electron chi connectivity index (χ3n) is 3.47. The molecule has 1 amide bonds. The summed E-state index contributed by atoms with van der Waals surface area (Å²) >= 11 is 6.07. The smallest absolute Gasteiger partial charge is 0.255 e. The highest BCUT2D eigenvalue weighted by atomic mass is 35.5. The minimum absolute atomic E-state index is 0.228. The van der Waals surface area contributed by atoms with Gasteiger partial charge in [0, 0.05) is 5.56 Å². The summed E-state index contributed by atoms with van der Waals surface area (Å²) in [6.07, 6.45) is 0. The molecule has 3 aromatic rings. The molecule has 0 unspecified atom stereocenters. The molecule has 1 N–H and O–H groups in total. The highest BCUT2D eigenvalue weighted by molar-refractivity contribution is 6.33. The fourth-order valence-corrected chi connectivity index (χ4v) is 2.41. The van der Waals surface area contributed by atoms with Crippen LogP contribution >= 0.6 is 11.6 Å². The number of hydrogen-bond acceptors (Lipinski definition) is 2. The van der Waals surface area contributed by atoms with E-state index in [0.29, 0.717) is 28.6 Å². The lowest BCUT2D eigenvalue weighted by Gasteiger charge is -2.09. The summed E-state index contributed by atoms with van der Waals surface area (Å²) in [7, 11) is 0. The lowest BCUT2D eigenvalue weighted by atomic mass is 10.2. The zero-order valence-electron chi connectivity index (χ0n) is 12.9. The van der Waals surface area contributed by atoms with Gasteiger partial charge in [0.1, 0.15) is 12.4 Å². The minimum Gasteiger partial charge on any atom is -0.489 e. The van der Waals surface area contributed by atoms with E-state index < -0.39 is 0 Å². The van der Waals surface area contributed by atoms with Gasteiger partial charge in [0.15, 0.2) is 0 Å². The van der Waals surface area contributed by atoms with Crippen LogP contribution in [0.1, 0.15) is 15.9 Å². The number of benzene rings is 3. The minimum atomic E-state index is -0.228. The summed E-state index contributed by atoms with van der Waals surface area (Å²) in [4.78, 5) is 12.4. The van der Waals surface area contributed by atoms with Gasteiger partial charge in [-0.15, -0.1) is 0 Å². The summed E-state index contributed by atoms with van der Waals surface area (Å²) in [5.41, 5.74) is 2.17. The Kier molecular flexibility index (Phi) is 5.14. The summed E-state index contributed by atoms with van der Waals surface area (Å²) in [6.45, 7) is 0.455. The van der Waals surface area contributed by atoms with E-state index in [-0.39, 0.29) is 5.91 Å². The molecule has 0 bridgehead atoms. The Labute approximate surface area is 145 Å². The zero-order chi connectivity index (χ0) is 16.8. The predicted octanol–water partition coefficient (Wildman–Crippen LogP) is 5.17. The molecule has 0 aliphatic rings. The van der Waals surface area contributed by atoms with Crippen LogP contribution in [0.5, 0.6) is 5.75 Å². The largest absolute Gasteiger partial charge is 0.489 e. The van der Waals surface area contributed by atoms with Crippen LogP contribution in [0.15, 0.2) is 78.9 Å². The SMILES string of the molecule is O=C(Nc1ccccc1Cl)c1cccc(OCc2ccccc2)c1. The first-order chi connectivity index (χ1) is 11.7. The molecule has 0 fully saturated rings. The van der Waals surface area contributed by atoms with Crippen molar-refractivity contribution in [3.63, 3.8) is 0 Å². The van der Waals surface area contributed by atoms with Gasteiger partial charge in [-0.1, -0.05) is 60.1 Å². The molecule has 0 aliphatic heterocycles. The van der Waals surface area contributed by atoms with Crippen LogP contribution in [-0.2, 0) is 6.61 Å². The van der Waals surface area contributed by atoms with Crippen LogP contribution in [0.3, 0.4) is 0 Å². The van der Waals surface area contributed by atoms with E-state index >= 15 is 0 Å². The molecule has 0 saturated heterocycles. The van der Waals surface area contributed by atoms with Gasteiger partial charge < -0.3 is 10.1 Å². The Morgan fingerprint density at radius 2 is 1.67 bits per heavy atom. The van der Waals surface area contributed by atoms with Crippen molar-refractivity contribution >= 4 is 23.2 Å². The summed E-state index contributed by atoms with van der Waals surface area (Å²) in [5, 5.41) is 3.30. The number of hydrogen-bond donors (Lipinski definition) is 1. The van der Waals surface area contributed by atoms with Crippen molar-refractivity contribution in [3.8, 4) is 5.75 Å². The van der Waals surface area contributed by atoms with Crippen molar-refractivity contribution < 1.29 is 9.53 Å². The van der Waals surface area contributed by atoms with Crippen LogP contribution in [0.25, 0.3) is 0 Å². The molecule has 0 heterocycles. The molecule has 3 nitrogen and oxygen atoms in total. The Morgan fingerprint density at radius 3 is 2.46 bits per heavy atom. The number of para-hydroxylation sites is 1. The van der Waals surface area contributed by atoms with Gasteiger partial charge >= 0.3 is 0 Å². The van der Waals surface area contributed by atoms with Gasteiger partial charge in [0.2, 0.25) is 0 Å². The van der Waals surface area contributed by atoms with Gasteiger partial charge in [-0.25, -0.2) is 0 Å². The number of rotatable bonds is 5. The molecule has 120 valence electrons. The lowest BCUT2D eigenvalue weighted by molar-refractivity contribution is 0.102. The molecule has 3 rings (SSSR count). The molecule has 0 aromatic heterocycles. The third kappa shape index (κ3) is 4.15. The second-order valence-electron chi connectivity index (χ2n) is 5.24. The second-order valence-corrected chi connectivity index (χ2v) is 5.64. The van der Waals surface area contributed by atoms with Crippen molar-refractivity contribution in [2.45, 2.75) is 6.61 Å². The normalized spacial score (nSPS) is 10.2. The summed E-state index contributed by atoms with van der Waals surface area (Å²) < 4.78 is 5.75. The van der Waals surface area contributed by atoms with Crippen LogP contribution < -0.4 is 10.1 Å². The van der Waals surface area contributed by atoms with E-state index in [1.54, 1.807) is 30.3 Å². The lowest BCUT2D eigenvalue weighted by Crippen LogP contribution is -2.12. The molecule has 24 heavy (non-hydrogen) atoms. The van der Waals surface area contributed by atoms with E-state index in [4.69, 9.17) is 16.3 Å². The number of carbonyl (C=O) groups is 1. The summed E-state index contributed by atoms with van der Waals surface area (Å²) in [5.74, 6) is 0.416. The standard InChI is InChI=1S/C20H16ClNO2/c21-18-11-4-5-12-19(18)22-20(23)16-9-6-10-17(13-16)24-14-15-7-2-1-3-8-15/h1-13H,14H2,(H,22,23). The van der Waals surface area contributed by atoms with Gasteiger partial charge in [-0.2, -0.15) is 0 Å². The van der Waals surface area contributed by atoms with Crippen molar-refractivity contribution in [2.24, 2.45) is 0 Å². The molecule has 3 aromatic carbocycles. The quantitative estimate of drug-likeness (QED) is 0.697. The van der Waals surface area contributed by atoms with Crippen LogP contribution in [0.2, 0.25) is 5.02 Å². The van der Waals surface area contributed by atoms with E-state index in [9.17, 15) is 4.79 Å². The number of carbonyl (C=O) groups excluding carboxylic acids is 1. The maximum atomic E-state index is 12.4. The molecule has 0 saturated carbocycles. The highest BCUT2D eigenvalue weighted by Gasteiger charge is 2.09. The van der Waals surface area contributed by atoms with Crippen LogP contribution in [0, 0.1) is 0 Å². The van der Waals surface area contributed by atoms with Gasteiger partial charge in [0.25, 0.3) is 5.91 Å². The third-order valence-corrected chi connectivity index (χ3v) is 3.80. The Hall–Kier alpha value is -2.78. The molecule has 0 atom stereocenters. The number of anilines is 1. The van der Waals surface area contributed by atoms with E-state index in [1.165, 1.54) is 0 Å². The number of nitrogens with one attached hydrogen (secondary N) is 1. The molecule has 0 aliphatic carbocycles. The van der Waals surface area contributed by atoms with Gasteiger partial charge in [0.05, 0.1) is 10.7 Å². The molecule has 0 spiro atoms. The maximum absolute atomic E-state index is 12.4. The average molecular weight is 338 g/mol. The monoisotopic (exact) mass is 337 g/mol. The molecule has 0 radical (unpaired) electrons. The van der Waals surface area contributed by atoms with Crippen molar-refractivity contribution in [2.75, 3.05) is 5.32 Å². The first kappa shape index (κ1) is 16.1. The number of ether oxygens (including phenoxy) is 1. The van der Waals surface area contributed by atoms with E-state index in [2.05, 4.69) is 5.32 Å². The highest BCUT2D eigenvalue weighted by Crippen LogP contribution is 2.22. The Balaban J connectivity index is 1.68. The molecular weight excluding hydrogens is 322 g/mol. The van der Waals surface area contributed by atoms with E-state index in [0.717, 1.165) is 5.56 Å². The fraction of sp³-hybridized carbons (Fsp3) is 0.0500. The zero-order valence-corrected chi connectivity index (χ0v) is 13.7. The second kappa shape index (κ2) is 7.66. The average Bonchev–Trinajstić information content (AvgIpc) is 2.63. The first-order valence-corrected chi connectivity index (χ1v) is 7.93. The number of amides is 1. The Morgan fingerprint density at radius 1 is 0.917 bits per heavy atom. The van der Waals surface area contributed by atoms with Crippen molar-refractivity contribution in [1.82, 2.24) is 0 Å². The number of halogens is 1. The van der Waals surface area contributed by atoms with Crippen LogP contribution in [-0.4, -0.2) is 5.91 Å². The summed E-state index contributed by atoms with van der Waals surface area (Å²) in [6, 6.07) is 24.1. The van der Waals surface area contributed by atoms with Crippen molar-refractivity contribution in [1.29, 1.82) is 0 Å². The van der Waals surface area contributed by atoms with E-state index in [1.807, 2.05) is 48.5 Å². The fourth-order valence-electron chi connectivity index (χ4n) is 2.23. The van der Waals surface area contributed by atoms with Gasteiger partial charge in [-0.05, 0) is 35.9 Å². The topological polar surface area (TPSA) is 38.3 Å². The van der Waals surface area contributed by atoms with Gasteiger partial charge in [-0.3, -0.25) is 4.79 Å². The molecule has 4 heteroatoms. The predicted molar refractivity (Wildman–Crippen MR) is 96.6 cm³/mol. The maximum Gasteiger partial charge on any atom is 0.255 e. The molecular formula is C20H16ClNO2. The van der Waals surface area contributed by atoms with Crippen LogP contribution in [0.4, 0.5) is 5.69 Å². The Bertz CT molecular complexity index is 834. The van der Waals surface area contributed by atoms with Crippen molar-refractivity contribution in [3.05, 3.63) is 95.0 Å².